The third-order valence-corrected chi connectivity index (χ3v) is 5.61. The van der Waals surface area contributed by atoms with Crippen molar-refractivity contribution in [2.75, 3.05) is 5.32 Å². The number of hydrazone groups is 1. The molecule has 1 aliphatic carbocycles. The lowest BCUT2D eigenvalue weighted by Gasteiger charge is -2.07. The van der Waals surface area contributed by atoms with Crippen LogP contribution in [0.3, 0.4) is 0 Å². The summed E-state index contributed by atoms with van der Waals surface area (Å²) < 4.78 is 0. The Morgan fingerprint density at radius 3 is 2.23 bits per heavy atom. The maximum Gasteiger partial charge on any atom is 0.255 e. The van der Waals surface area contributed by atoms with Crippen molar-refractivity contribution in [2.24, 2.45) is 11.0 Å². The third-order valence-electron chi connectivity index (χ3n) is 5.36. The zero-order chi connectivity index (χ0) is 21.8. The van der Waals surface area contributed by atoms with Gasteiger partial charge in [-0.3, -0.25) is 9.59 Å². The minimum absolute atomic E-state index is 0.0237. The first-order valence-corrected chi connectivity index (χ1v) is 10.5. The largest absolute Gasteiger partial charge is 0.322 e. The number of carbonyl (C=O) groups is 2. The number of nitrogens with zero attached hydrogens (tertiary/aromatic N) is 1. The van der Waals surface area contributed by atoms with Gasteiger partial charge in [0.1, 0.15) is 0 Å². The Hall–Kier alpha value is -3.44. The number of halogens is 1. The van der Waals surface area contributed by atoms with Gasteiger partial charge in [-0.2, -0.15) is 5.10 Å². The molecule has 0 aromatic heterocycles. The van der Waals surface area contributed by atoms with Crippen molar-refractivity contribution in [3.8, 4) is 0 Å². The van der Waals surface area contributed by atoms with Crippen LogP contribution in [0.15, 0.2) is 84.0 Å². The van der Waals surface area contributed by atoms with Crippen LogP contribution in [0.25, 0.3) is 0 Å². The molecule has 0 aliphatic heterocycles. The van der Waals surface area contributed by atoms with Crippen molar-refractivity contribution in [2.45, 2.75) is 19.3 Å². The van der Waals surface area contributed by atoms with Gasteiger partial charge in [-0.15, -0.1) is 0 Å². The molecule has 3 aromatic carbocycles. The quantitative estimate of drug-likeness (QED) is 0.414. The van der Waals surface area contributed by atoms with Crippen LogP contribution in [0.4, 0.5) is 5.69 Å². The first kappa shape index (κ1) is 20.8. The van der Waals surface area contributed by atoms with Crippen LogP contribution >= 0.6 is 11.6 Å². The summed E-state index contributed by atoms with van der Waals surface area (Å²) in [6.45, 7) is 1.84. The molecule has 2 atom stereocenters. The SMILES string of the molecule is C/C(=N\NC(=O)[C@H]1C[C@H]1c1ccccc1)c1ccc(NC(=O)c2ccc(Cl)cc2)cc1. The fraction of sp³-hybridized carbons (Fsp3) is 0.160. The second-order valence-electron chi connectivity index (χ2n) is 7.57. The molecule has 0 unspecified atom stereocenters. The highest BCUT2D eigenvalue weighted by Crippen LogP contribution is 2.47. The minimum atomic E-state index is -0.209. The molecule has 3 aromatic rings. The lowest BCUT2D eigenvalue weighted by molar-refractivity contribution is -0.122. The smallest absolute Gasteiger partial charge is 0.255 e. The highest BCUT2D eigenvalue weighted by atomic mass is 35.5. The topological polar surface area (TPSA) is 70.6 Å². The molecule has 156 valence electrons. The van der Waals surface area contributed by atoms with E-state index >= 15 is 0 Å². The molecule has 1 aliphatic rings. The molecule has 4 rings (SSSR count). The Kier molecular flexibility index (Phi) is 6.14. The van der Waals surface area contributed by atoms with E-state index in [-0.39, 0.29) is 23.7 Å². The molecule has 2 N–H and O–H groups in total. The second-order valence-corrected chi connectivity index (χ2v) is 8.01. The van der Waals surface area contributed by atoms with E-state index in [1.807, 2.05) is 37.3 Å². The number of carbonyl (C=O) groups excluding carboxylic acids is 2. The van der Waals surface area contributed by atoms with Gasteiger partial charge >= 0.3 is 0 Å². The van der Waals surface area contributed by atoms with Gasteiger partial charge in [0.05, 0.1) is 5.71 Å². The van der Waals surface area contributed by atoms with Crippen LogP contribution in [-0.2, 0) is 4.79 Å². The predicted molar refractivity (Wildman–Crippen MR) is 123 cm³/mol. The van der Waals surface area contributed by atoms with Crippen molar-refractivity contribution in [1.29, 1.82) is 0 Å². The molecule has 31 heavy (non-hydrogen) atoms. The van der Waals surface area contributed by atoms with E-state index in [1.54, 1.807) is 36.4 Å². The standard InChI is InChI=1S/C25H22ClN3O2/c1-16(28-29-25(31)23-15-22(23)18-5-3-2-4-6-18)17-9-13-21(14-10-17)27-24(30)19-7-11-20(26)12-8-19/h2-14,22-23H,15H2,1H3,(H,27,30)(H,29,31)/b28-16+/t22-,23-/m0/s1. The van der Waals surface area contributed by atoms with E-state index in [4.69, 9.17) is 11.6 Å². The molecular formula is C25H22ClN3O2. The molecule has 0 radical (unpaired) electrons. The van der Waals surface area contributed by atoms with E-state index < -0.39 is 0 Å². The van der Waals surface area contributed by atoms with Crippen molar-refractivity contribution in [3.63, 3.8) is 0 Å². The van der Waals surface area contributed by atoms with E-state index in [0.717, 1.165) is 12.0 Å². The minimum Gasteiger partial charge on any atom is -0.322 e. The number of hydrogen-bond donors (Lipinski definition) is 2. The van der Waals surface area contributed by atoms with Gasteiger partial charge in [0.15, 0.2) is 0 Å². The number of hydrogen-bond acceptors (Lipinski definition) is 3. The van der Waals surface area contributed by atoms with Gasteiger partial charge in [0.25, 0.3) is 5.91 Å². The Morgan fingerprint density at radius 2 is 1.55 bits per heavy atom. The molecule has 2 amide bonds. The Bertz CT molecular complexity index is 1110. The first-order chi connectivity index (χ1) is 15.0. The predicted octanol–water partition coefficient (Wildman–Crippen LogP) is 5.24. The van der Waals surface area contributed by atoms with Gasteiger partial charge in [0.2, 0.25) is 5.91 Å². The molecule has 0 heterocycles. The average Bonchev–Trinajstić information content (AvgIpc) is 3.60. The highest BCUT2D eigenvalue weighted by molar-refractivity contribution is 6.30. The maximum absolute atomic E-state index is 12.4. The summed E-state index contributed by atoms with van der Waals surface area (Å²) in [4.78, 5) is 24.7. The lowest BCUT2D eigenvalue weighted by Crippen LogP contribution is -2.21. The summed E-state index contributed by atoms with van der Waals surface area (Å²) in [6, 6.07) is 24.1. The Balaban J connectivity index is 1.32. The van der Waals surface area contributed by atoms with Crippen LogP contribution in [0.2, 0.25) is 5.02 Å². The molecule has 1 saturated carbocycles. The van der Waals surface area contributed by atoms with Gasteiger partial charge in [-0.25, -0.2) is 5.43 Å². The van der Waals surface area contributed by atoms with Crippen molar-refractivity contribution < 1.29 is 9.59 Å². The monoisotopic (exact) mass is 431 g/mol. The van der Waals surface area contributed by atoms with E-state index in [2.05, 4.69) is 28.0 Å². The molecule has 0 spiro atoms. The van der Waals surface area contributed by atoms with Crippen molar-refractivity contribution >= 4 is 34.8 Å². The number of rotatable bonds is 6. The molecule has 0 saturated heterocycles. The zero-order valence-corrected chi connectivity index (χ0v) is 17.8. The molecule has 5 nitrogen and oxygen atoms in total. The third kappa shape index (κ3) is 5.19. The van der Waals surface area contributed by atoms with Gasteiger partial charge in [-0.1, -0.05) is 54.1 Å². The summed E-state index contributed by atoms with van der Waals surface area (Å²) in [7, 11) is 0. The van der Waals surface area contributed by atoms with Crippen molar-refractivity contribution in [1.82, 2.24) is 5.43 Å². The number of benzene rings is 3. The van der Waals surface area contributed by atoms with E-state index in [0.29, 0.717) is 22.0 Å². The van der Waals surface area contributed by atoms with Crippen LogP contribution in [0.5, 0.6) is 0 Å². The molecule has 1 fully saturated rings. The Labute approximate surface area is 186 Å². The maximum atomic E-state index is 12.4. The second kappa shape index (κ2) is 9.14. The summed E-state index contributed by atoms with van der Waals surface area (Å²) >= 11 is 5.86. The zero-order valence-electron chi connectivity index (χ0n) is 17.0. The summed E-state index contributed by atoms with van der Waals surface area (Å²) in [6.07, 6.45) is 0.854. The van der Waals surface area contributed by atoms with Gasteiger partial charge in [-0.05, 0) is 66.8 Å². The van der Waals surface area contributed by atoms with E-state index in [9.17, 15) is 9.59 Å². The highest BCUT2D eigenvalue weighted by Gasteiger charge is 2.43. The van der Waals surface area contributed by atoms with Crippen LogP contribution < -0.4 is 10.7 Å². The summed E-state index contributed by atoms with van der Waals surface area (Å²) in [5, 5.41) is 7.68. The fourth-order valence-electron chi connectivity index (χ4n) is 3.44. The van der Waals surface area contributed by atoms with Gasteiger partial charge < -0.3 is 5.32 Å². The lowest BCUT2D eigenvalue weighted by atomic mass is 10.1. The molecule has 6 heteroatoms. The number of anilines is 1. The number of amides is 2. The fourth-order valence-corrected chi connectivity index (χ4v) is 3.57. The normalized spacial score (nSPS) is 17.7. The van der Waals surface area contributed by atoms with Gasteiger partial charge in [0, 0.05) is 22.2 Å². The molecular weight excluding hydrogens is 410 g/mol. The van der Waals surface area contributed by atoms with Crippen molar-refractivity contribution in [3.05, 3.63) is 101 Å². The first-order valence-electron chi connectivity index (χ1n) is 10.1. The summed E-state index contributed by atoms with van der Waals surface area (Å²) in [5.41, 5.74) is 6.64. The summed E-state index contributed by atoms with van der Waals surface area (Å²) in [5.74, 6) is -0.0100. The van der Waals surface area contributed by atoms with E-state index in [1.165, 1.54) is 5.56 Å². The number of nitrogens with one attached hydrogen (secondary N) is 2. The molecule has 0 bridgehead atoms. The Morgan fingerprint density at radius 1 is 0.903 bits per heavy atom. The van der Waals surface area contributed by atoms with Crippen LogP contribution in [0, 0.1) is 5.92 Å². The van der Waals surface area contributed by atoms with Crippen LogP contribution in [0.1, 0.15) is 40.7 Å². The van der Waals surface area contributed by atoms with Crippen LogP contribution in [-0.4, -0.2) is 17.5 Å². The average molecular weight is 432 g/mol.